The number of hydrogen-bond donors (Lipinski definition) is 2. The quantitative estimate of drug-likeness (QED) is 0.513. The second-order valence-electron chi connectivity index (χ2n) is 3.69. The molecule has 0 aliphatic rings. The van der Waals surface area contributed by atoms with Gasteiger partial charge in [0.05, 0.1) is 6.61 Å². The normalized spacial score (nSPS) is 15.4. The minimum Gasteiger partial charge on any atom is -0.464 e. The van der Waals surface area contributed by atoms with E-state index in [9.17, 15) is 19.1 Å². The van der Waals surface area contributed by atoms with Gasteiger partial charge < -0.3 is 19.3 Å². The third-order valence-electron chi connectivity index (χ3n) is 2.49. The van der Waals surface area contributed by atoms with Crippen LogP contribution in [0.1, 0.15) is 40.0 Å². The fraction of sp³-hybridized carbons (Fsp3) is 0.900. The Bertz CT molecular complexity index is 287. The first kappa shape index (κ1) is 16.6. The topological polar surface area (TPSA) is 93.1 Å². The van der Waals surface area contributed by atoms with E-state index in [2.05, 4.69) is 4.74 Å². The third kappa shape index (κ3) is 4.76. The highest BCUT2D eigenvalue weighted by molar-refractivity contribution is 7.53. The van der Waals surface area contributed by atoms with Crippen molar-refractivity contribution in [3.63, 3.8) is 0 Å². The van der Waals surface area contributed by atoms with Crippen molar-refractivity contribution in [1.29, 1.82) is 0 Å². The number of ether oxygens (including phenoxy) is 2. The fourth-order valence-electron chi connectivity index (χ4n) is 1.57. The lowest BCUT2D eigenvalue weighted by Gasteiger charge is -2.32. The standard InChI is InChI=1S/C10H21O6P/c1-4-7-10(5-2,17(12,13)14)16-8-9(11)15-6-3/h4-8H2,1-3H3,(H2,12,13,14). The Kier molecular flexibility index (Phi) is 6.94. The molecule has 17 heavy (non-hydrogen) atoms. The summed E-state index contributed by atoms with van der Waals surface area (Å²) in [5.74, 6) is -0.616. The van der Waals surface area contributed by atoms with Crippen molar-refractivity contribution in [3.05, 3.63) is 0 Å². The highest BCUT2D eigenvalue weighted by Crippen LogP contribution is 2.55. The average Bonchev–Trinajstić information content (AvgIpc) is 2.23. The van der Waals surface area contributed by atoms with Crippen LogP contribution in [0.5, 0.6) is 0 Å². The highest BCUT2D eigenvalue weighted by Gasteiger charge is 2.46. The number of carbonyl (C=O) groups is 1. The van der Waals surface area contributed by atoms with Gasteiger partial charge >= 0.3 is 13.6 Å². The monoisotopic (exact) mass is 268 g/mol. The molecule has 0 fully saturated rings. The van der Waals surface area contributed by atoms with E-state index in [4.69, 9.17) is 4.74 Å². The lowest BCUT2D eigenvalue weighted by molar-refractivity contribution is -0.152. The summed E-state index contributed by atoms with van der Waals surface area (Å²) in [6, 6.07) is 0. The molecule has 6 nitrogen and oxygen atoms in total. The second-order valence-corrected chi connectivity index (χ2v) is 5.59. The predicted octanol–water partition coefficient (Wildman–Crippen LogP) is 1.65. The fourth-order valence-corrected chi connectivity index (χ4v) is 2.73. The zero-order valence-electron chi connectivity index (χ0n) is 10.5. The van der Waals surface area contributed by atoms with Crippen molar-refractivity contribution in [2.24, 2.45) is 0 Å². The molecule has 0 aliphatic heterocycles. The summed E-state index contributed by atoms with van der Waals surface area (Å²) in [5, 5.41) is -1.57. The van der Waals surface area contributed by atoms with E-state index >= 15 is 0 Å². The van der Waals surface area contributed by atoms with E-state index in [0.29, 0.717) is 6.42 Å². The van der Waals surface area contributed by atoms with E-state index < -0.39 is 25.5 Å². The average molecular weight is 268 g/mol. The van der Waals surface area contributed by atoms with Crippen molar-refractivity contribution in [3.8, 4) is 0 Å². The number of rotatable bonds is 8. The molecule has 0 aromatic heterocycles. The summed E-state index contributed by atoms with van der Waals surface area (Å²) >= 11 is 0. The van der Waals surface area contributed by atoms with Crippen molar-refractivity contribution >= 4 is 13.6 Å². The molecule has 0 bridgehead atoms. The molecule has 0 aliphatic carbocycles. The molecule has 0 radical (unpaired) electrons. The van der Waals surface area contributed by atoms with Gasteiger partial charge in [0.1, 0.15) is 6.61 Å². The van der Waals surface area contributed by atoms with Crippen molar-refractivity contribution in [1.82, 2.24) is 0 Å². The number of hydrogen-bond acceptors (Lipinski definition) is 4. The van der Waals surface area contributed by atoms with Crippen LogP contribution in [0.15, 0.2) is 0 Å². The summed E-state index contributed by atoms with van der Waals surface area (Å²) in [5.41, 5.74) is 0. The summed E-state index contributed by atoms with van der Waals surface area (Å²) in [4.78, 5) is 29.8. The predicted molar refractivity (Wildman–Crippen MR) is 62.6 cm³/mol. The molecule has 0 heterocycles. The van der Waals surface area contributed by atoms with Gasteiger partial charge in [-0.15, -0.1) is 0 Å². The maximum Gasteiger partial charge on any atom is 0.357 e. The molecule has 0 amide bonds. The van der Waals surface area contributed by atoms with Gasteiger partial charge in [0.25, 0.3) is 0 Å². The van der Waals surface area contributed by atoms with Crippen LogP contribution in [0.25, 0.3) is 0 Å². The van der Waals surface area contributed by atoms with E-state index in [1.807, 2.05) is 0 Å². The van der Waals surface area contributed by atoms with Crippen molar-refractivity contribution < 1.29 is 28.6 Å². The van der Waals surface area contributed by atoms with Crippen molar-refractivity contribution in [2.75, 3.05) is 13.2 Å². The number of esters is 1. The smallest absolute Gasteiger partial charge is 0.357 e. The Morgan fingerprint density at radius 3 is 2.24 bits per heavy atom. The maximum atomic E-state index is 11.5. The summed E-state index contributed by atoms with van der Waals surface area (Å²) in [7, 11) is -4.43. The molecule has 1 unspecified atom stereocenters. The van der Waals surface area contributed by atoms with Gasteiger partial charge in [0.2, 0.25) is 0 Å². The highest BCUT2D eigenvalue weighted by atomic mass is 31.2. The molecule has 0 saturated heterocycles. The third-order valence-corrected chi connectivity index (χ3v) is 4.22. The van der Waals surface area contributed by atoms with Gasteiger partial charge in [-0.2, -0.15) is 0 Å². The summed E-state index contributed by atoms with van der Waals surface area (Å²) in [6.07, 6.45) is 0.902. The molecule has 0 aromatic rings. The van der Waals surface area contributed by atoms with Crippen LogP contribution in [-0.2, 0) is 18.8 Å². The maximum absolute atomic E-state index is 11.5. The minimum absolute atomic E-state index is 0.143. The molecule has 7 heteroatoms. The Labute approximate surface area is 101 Å². The zero-order chi connectivity index (χ0) is 13.5. The Balaban J connectivity index is 4.71. The lowest BCUT2D eigenvalue weighted by atomic mass is 10.1. The SMILES string of the molecule is CCCC(CC)(OCC(=O)OCC)P(=O)(O)O. The van der Waals surface area contributed by atoms with Gasteiger partial charge in [-0.05, 0) is 19.8 Å². The van der Waals surface area contributed by atoms with E-state index in [1.165, 1.54) is 0 Å². The van der Waals surface area contributed by atoms with Crippen LogP contribution in [-0.4, -0.2) is 34.3 Å². The lowest BCUT2D eigenvalue weighted by Crippen LogP contribution is -2.34. The molecule has 102 valence electrons. The van der Waals surface area contributed by atoms with Crippen LogP contribution in [0, 0.1) is 0 Å². The Morgan fingerprint density at radius 2 is 1.88 bits per heavy atom. The van der Waals surface area contributed by atoms with Gasteiger partial charge in [-0.1, -0.05) is 20.3 Å². The number of carbonyl (C=O) groups excluding carboxylic acids is 1. The van der Waals surface area contributed by atoms with Crippen LogP contribution in [0.4, 0.5) is 0 Å². The largest absolute Gasteiger partial charge is 0.464 e. The zero-order valence-corrected chi connectivity index (χ0v) is 11.4. The van der Waals surface area contributed by atoms with Gasteiger partial charge in [0, 0.05) is 0 Å². The molecular formula is C10H21O6P. The van der Waals surface area contributed by atoms with Gasteiger partial charge in [-0.3, -0.25) is 4.57 Å². The molecule has 1 atom stereocenters. The Morgan fingerprint density at radius 1 is 1.29 bits per heavy atom. The second kappa shape index (κ2) is 7.11. The van der Waals surface area contributed by atoms with Crippen LogP contribution in [0.2, 0.25) is 0 Å². The molecule has 0 rings (SSSR count). The van der Waals surface area contributed by atoms with Crippen LogP contribution >= 0.6 is 7.60 Å². The van der Waals surface area contributed by atoms with Crippen LogP contribution in [0.3, 0.4) is 0 Å². The van der Waals surface area contributed by atoms with Crippen LogP contribution < -0.4 is 0 Å². The minimum atomic E-state index is -4.43. The molecule has 0 aromatic carbocycles. The van der Waals surface area contributed by atoms with Gasteiger partial charge in [0.15, 0.2) is 5.34 Å². The summed E-state index contributed by atoms with van der Waals surface area (Å²) in [6.45, 7) is 4.85. The molecule has 0 spiro atoms. The molecule has 0 saturated carbocycles. The first-order chi connectivity index (χ1) is 7.83. The summed E-state index contributed by atoms with van der Waals surface area (Å²) < 4.78 is 21.3. The van der Waals surface area contributed by atoms with E-state index in [-0.39, 0.29) is 19.4 Å². The Hall–Kier alpha value is -0.420. The molecular weight excluding hydrogens is 247 g/mol. The molecule has 2 N–H and O–H groups in total. The van der Waals surface area contributed by atoms with Crippen molar-refractivity contribution in [2.45, 2.75) is 45.4 Å². The first-order valence-electron chi connectivity index (χ1n) is 5.68. The first-order valence-corrected chi connectivity index (χ1v) is 7.29. The van der Waals surface area contributed by atoms with E-state index in [0.717, 1.165) is 0 Å². The van der Waals surface area contributed by atoms with E-state index in [1.54, 1.807) is 20.8 Å². The van der Waals surface area contributed by atoms with Gasteiger partial charge in [-0.25, -0.2) is 4.79 Å².